The number of rotatable bonds is 10. The third-order valence-corrected chi connectivity index (χ3v) is 24.3. The Balaban J connectivity index is 0.907. The van der Waals surface area contributed by atoms with Crippen molar-refractivity contribution in [2.24, 2.45) is 5.92 Å². The third-order valence-electron chi connectivity index (χ3n) is 24.3. The monoisotopic (exact) mass is 1280 g/mol. The van der Waals surface area contributed by atoms with Crippen molar-refractivity contribution in [3.63, 3.8) is 0 Å². The maximum atomic E-state index is 2.65. The van der Waals surface area contributed by atoms with Crippen molar-refractivity contribution >= 4 is 55.6 Å². The molecular formula is C98H80N2. The Morgan fingerprint density at radius 3 is 1.24 bits per heavy atom. The molecule has 0 aromatic heterocycles. The standard InChI is InChI=1S/C98H80N2/c1-95(2)85-39-23-19-33-71(85)75-49-43-65(57-89(75)95)99(66-44-50-76-72-34-20-24-40-86(72)96(3,4)90(76)58-66)63-47-53-81-83(55-63)93(79-37-17-15-31-69(79)61-27-11-9-12-28-61)82-54-48-64(56-84(82)94(81)80-38-18-16-32-70(80)62-29-13-10-14-30-62)100(67-45-51-77-73-35-21-25-41-87(73)97(5,6)91(77)59-67)68-46-52-78-74-36-22-26-42-88(74)98(7,8)92(78)60-68/h9-45,47-51,53-60,71,85H,46,52H2,1-8H3. The first kappa shape index (κ1) is 60.1. The summed E-state index contributed by atoms with van der Waals surface area (Å²) >= 11 is 0. The van der Waals surface area contributed by atoms with Crippen LogP contribution < -0.4 is 9.80 Å². The van der Waals surface area contributed by atoms with E-state index in [1.54, 1.807) is 0 Å². The zero-order valence-electron chi connectivity index (χ0n) is 58.3. The number of fused-ring (bicyclic) bond motifs is 13. The third kappa shape index (κ3) is 8.88. The lowest BCUT2D eigenvalue weighted by Gasteiger charge is -2.34. The summed E-state index contributed by atoms with van der Waals surface area (Å²) in [6.45, 7) is 19.4. The molecule has 0 radical (unpaired) electrons. The second-order valence-electron chi connectivity index (χ2n) is 31.0. The van der Waals surface area contributed by atoms with Crippen LogP contribution in [-0.4, -0.2) is 0 Å². The molecule has 0 heterocycles. The minimum absolute atomic E-state index is 0.0910. The van der Waals surface area contributed by atoms with E-state index in [1.807, 2.05) is 0 Å². The molecular weight excluding hydrogens is 1210 g/mol. The summed E-state index contributed by atoms with van der Waals surface area (Å²) in [4.78, 5) is 5.23. The maximum Gasteiger partial charge on any atom is 0.0468 e. The van der Waals surface area contributed by atoms with Gasteiger partial charge in [-0.2, -0.15) is 0 Å². The molecule has 0 N–H and O–H groups in total. The Morgan fingerprint density at radius 2 is 0.700 bits per heavy atom. The van der Waals surface area contributed by atoms with E-state index in [4.69, 9.17) is 0 Å². The molecule has 6 aliphatic carbocycles. The number of allylic oxidation sites excluding steroid dienone is 8. The van der Waals surface area contributed by atoms with Crippen molar-refractivity contribution in [3.05, 3.63) is 359 Å². The minimum Gasteiger partial charge on any atom is -0.314 e. The van der Waals surface area contributed by atoms with E-state index >= 15 is 0 Å². The van der Waals surface area contributed by atoms with Gasteiger partial charge in [0, 0.05) is 56.3 Å². The van der Waals surface area contributed by atoms with Gasteiger partial charge in [-0.05, 0) is 235 Å². The highest BCUT2D eigenvalue weighted by Crippen LogP contribution is 2.59. The summed E-state index contributed by atoms with van der Waals surface area (Å²) in [6.07, 6.45) is 13.8. The molecule has 0 saturated carbocycles. The van der Waals surface area contributed by atoms with E-state index in [0.29, 0.717) is 11.8 Å². The van der Waals surface area contributed by atoms with Crippen molar-refractivity contribution in [1.29, 1.82) is 0 Å². The van der Waals surface area contributed by atoms with E-state index < -0.39 is 0 Å². The Hall–Kier alpha value is -11.1. The van der Waals surface area contributed by atoms with E-state index in [2.05, 4.69) is 369 Å². The summed E-state index contributed by atoms with van der Waals surface area (Å²) in [5.74, 6) is 0.713. The summed E-state index contributed by atoms with van der Waals surface area (Å²) in [6, 6.07) is 105. The van der Waals surface area contributed by atoms with Gasteiger partial charge in [-0.3, -0.25) is 0 Å². The first-order valence-corrected chi connectivity index (χ1v) is 36.1. The average molecular weight is 1290 g/mol. The molecule has 0 spiro atoms. The van der Waals surface area contributed by atoms with E-state index in [-0.39, 0.29) is 21.7 Å². The average Bonchev–Trinajstić information content (AvgIpc) is 1.47. The zero-order chi connectivity index (χ0) is 67.6. The molecule has 100 heavy (non-hydrogen) atoms. The Morgan fingerprint density at radius 1 is 0.300 bits per heavy atom. The molecule has 2 unspecified atom stereocenters. The van der Waals surface area contributed by atoms with Crippen LogP contribution in [0.15, 0.2) is 315 Å². The number of nitrogens with zero attached hydrogens (tertiary/aromatic N) is 2. The van der Waals surface area contributed by atoms with Crippen LogP contribution >= 0.6 is 0 Å². The number of hydrogen-bond acceptors (Lipinski definition) is 2. The topological polar surface area (TPSA) is 6.48 Å². The maximum absolute atomic E-state index is 2.65. The van der Waals surface area contributed by atoms with Crippen LogP contribution in [0.3, 0.4) is 0 Å². The molecule has 6 aliphatic rings. The van der Waals surface area contributed by atoms with Gasteiger partial charge in [0.05, 0.1) is 0 Å². The van der Waals surface area contributed by atoms with E-state index in [1.165, 1.54) is 155 Å². The summed E-state index contributed by atoms with van der Waals surface area (Å²) in [7, 11) is 0. The van der Waals surface area contributed by atoms with Crippen LogP contribution in [0.5, 0.6) is 0 Å². The Bertz CT molecular complexity index is 5740. The van der Waals surface area contributed by atoms with Gasteiger partial charge in [0.2, 0.25) is 0 Å². The molecule has 2 heteroatoms. The van der Waals surface area contributed by atoms with Crippen molar-refractivity contribution in [2.45, 2.75) is 95.8 Å². The van der Waals surface area contributed by atoms with Crippen LogP contribution in [0.1, 0.15) is 119 Å². The van der Waals surface area contributed by atoms with Gasteiger partial charge < -0.3 is 9.80 Å². The van der Waals surface area contributed by atoms with Crippen molar-refractivity contribution in [1.82, 2.24) is 0 Å². The summed E-state index contributed by atoms with van der Waals surface area (Å²) < 4.78 is 0. The first-order valence-electron chi connectivity index (χ1n) is 36.1. The van der Waals surface area contributed by atoms with Gasteiger partial charge >= 0.3 is 0 Å². The lowest BCUT2D eigenvalue weighted by Crippen LogP contribution is -2.24. The first-order chi connectivity index (χ1) is 48.6. The highest BCUT2D eigenvalue weighted by Gasteiger charge is 2.46. The van der Waals surface area contributed by atoms with Crippen molar-refractivity contribution in [2.75, 3.05) is 9.80 Å². The molecule has 2 atom stereocenters. The molecule has 0 bridgehead atoms. The number of hydrogen-bond donors (Lipinski definition) is 0. The molecule has 13 aromatic carbocycles. The number of benzene rings is 13. The summed E-state index contributed by atoms with van der Waals surface area (Å²) in [5, 5.41) is 4.78. The van der Waals surface area contributed by atoms with Gasteiger partial charge in [-0.15, -0.1) is 0 Å². The van der Waals surface area contributed by atoms with Crippen molar-refractivity contribution < 1.29 is 0 Å². The second-order valence-corrected chi connectivity index (χ2v) is 31.0. The summed E-state index contributed by atoms with van der Waals surface area (Å²) in [5.41, 5.74) is 35.3. The van der Waals surface area contributed by atoms with Crippen LogP contribution in [0.2, 0.25) is 0 Å². The molecule has 482 valence electrons. The SMILES string of the molecule is CC1(C)C2=C(CCC(N(c3ccc4c(c3)C(C)(C)c3ccccc3-4)c3ccc4c(-c5ccccc5-c5ccccc5)c5cc(N(c6ccc7c(c6)C(C)(C)c6ccccc6-7)c6ccc7c(c6)C(C)(C)C6C=CC=CC76)ccc5c(-c5ccccc5-c5ccccc5)c4c3)=C2)c2ccccc21. The van der Waals surface area contributed by atoms with Gasteiger partial charge in [-0.1, -0.05) is 292 Å². The molecule has 0 aliphatic heterocycles. The lowest BCUT2D eigenvalue weighted by atomic mass is 9.74. The molecule has 0 amide bonds. The minimum atomic E-state index is -0.205. The fourth-order valence-electron chi connectivity index (χ4n) is 19.3. The van der Waals surface area contributed by atoms with Crippen LogP contribution in [0.4, 0.5) is 28.4 Å². The second kappa shape index (κ2) is 22.2. The van der Waals surface area contributed by atoms with Gasteiger partial charge in [0.25, 0.3) is 0 Å². The molecule has 2 nitrogen and oxygen atoms in total. The zero-order valence-corrected chi connectivity index (χ0v) is 58.3. The fourth-order valence-corrected chi connectivity index (χ4v) is 19.3. The van der Waals surface area contributed by atoms with Gasteiger partial charge in [-0.25, -0.2) is 0 Å². The normalized spacial score (nSPS) is 17.8. The van der Waals surface area contributed by atoms with Crippen molar-refractivity contribution in [3.8, 4) is 66.8 Å². The highest BCUT2D eigenvalue weighted by atomic mass is 15.2. The molecule has 19 rings (SSSR count). The predicted molar refractivity (Wildman–Crippen MR) is 423 cm³/mol. The quantitative estimate of drug-likeness (QED) is 0.126. The van der Waals surface area contributed by atoms with Crippen LogP contribution in [0, 0.1) is 5.92 Å². The molecule has 0 fully saturated rings. The largest absolute Gasteiger partial charge is 0.314 e. The van der Waals surface area contributed by atoms with Gasteiger partial charge in [0.1, 0.15) is 0 Å². The number of anilines is 5. The van der Waals surface area contributed by atoms with Gasteiger partial charge in [0.15, 0.2) is 0 Å². The smallest absolute Gasteiger partial charge is 0.0468 e. The predicted octanol–water partition coefficient (Wildman–Crippen LogP) is 26.4. The lowest BCUT2D eigenvalue weighted by molar-refractivity contribution is 0.394. The van der Waals surface area contributed by atoms with Crippen LogP contribution in [-0.2, 0) is 21.7 Å². The molecule has 13 aromatic rings. The Kier molecular flexibility index (Phi) is 13.4. The highest BCUT2D eigenvalue weighted by molar-refractivity contribution is 6.24. The van der Waals surface area contributed by atoms with Crippen LogP contribution in [0.25, 0.3) is 93.9 Å². The van der Waals surface area contributed by atoms with E-state index in [0.717, 1.165) is 35.6 Å². The fraction of sp³-hybridized carbons (Fsp3) is 0.163. The Labute approximate surface area is 589 Å². The van der Waals surface area contributed by atoms with E-state index in [9.17, 15) is 0 Å². The molecule has 0 saturated heterocycles.